The van der Waals surface area contributed by atoms with Crippen LogP contribution >= 0.6 is 23.2 Å². The zero-order valence-corrected chi connectivity index (χ0v) is 16.6. The van der Waals surface area contributed by atoms with Crippen LogP contribution in [-0.4, -0.2) is 22.7 Å². The first kappa shape index (κ1) is 19.9. The van der Waals surface area contributed by atoms with Crippen LogP contribution in [0.5, 0.6) is 5.75 Å². The summed E-state index contributed by atoms with van der Waals surface area (Å²) in [7, 11) is 0. The van der Waals surface area contributed by atoms with E-state index in [0.29, 0.717) is 15.7 Å². The zero-order chi connectivity index (χ0) is 20.6. The van der Waals surface area contributed by atoms with E-state index >= 15 is 0 Å². The summed E-state index contributed by atoms with van der Waals surface area (Å²) in [5, 5.41) is 9.14. The number of anilines is 1. The molecular weight excluding hydrogens is 426 g/mol. The third kappa shape index (κ3) is 4.31. The van der Waals surface area contributed by atoms with E-state index in [9.17, 15) is 13.2 Å². The summed E-state index contributed by atoms with van der Waals surface area (Å²) in [6.45, 7) is 0.780. The van der Waals surface area contributed by atoms with Crippen molar-refractivity contribution < 1.29 is 17.9 Å². The van der Waals surface area contributed by atoms with E-state index in [4.69, 9.17) is 28.3 Å². The number of rotatable bonds is 3. The molecule has 9 heteroatoms. The number of aromatic nitrogens is 2. The first-order valence-electron chi connectivity index (χ1n) is 8.99. The molecule has 2 aromatic carbocycles. The predicted octanol–water partition coefficient (Wildman–Crippen LogP) is 6.49. The molecule has 29 heavy (non-hydrogen) atoms. The molecule has 0 bridgehead atoms. The quantitative estimate of drug-likeness (QED) is 0.504. The van der Waals surface area contributed by atoms with Crippen LogP contribution < -0.4 is 10.1 Å². The van der Waals surface area contributed by atoms with Crippen LogP contribution in [-0.2, 0) is 6.42 Å². The van der Waals surface area contributed by atoms with Gasteiger partial charge in [-0.1, -0.05) is 23.2 Å². The second-order valence-electron chi connectivity index (χ2n) is 6.64. The summed E-state index contributed by atoms with van der Waals surface area (Å²) in [6, 6.07) is 10.8. The van der Waals surface area contributed by atoms with E-state index in [0.717, 1.165) is 48.4 Å². The topological polar surface area (TPSA) is 39.1 Å². The van der Waals surface area contributed by atoms with E-state index < -0.39 is 6.36 Å². The molecule has 4 rings (SSSR count). The minimum atomic E-state index is -4.73. The maximum Gasteiger partial charge on any atom is 0.573 e. The van der Waals surface area contributed by atoms with Crippen LogP contribution in [0, 0.1) is 0 Å². The Kier molecular flexibility index (Phi) is 5.36. The Morgan fingerprint density at radius 2 is 1.79 bits per heavy atom. The third-order valence-corrected chi connectivity index (χ3v) is 5.18. The zero-order valence-electron chi connectivity index (χ0n) is 15.1. The smallest absolute Gasteiger partial charge is 0.406 e. The summed E-state index contributed by atoms with van der Waals surface area (Å²) in [6.07, 6.45) is -1.93. The third-order valence-electron chi connectivity index (χ3n) is 4.63. The molecule has 1 aliphatic rings. The van der Waals surface area contributed by atoms with Crippen LogP contribution in [0.1, 0.15) is 18.4 Å². The normalized spacial score (nSPS) is 14.1. The molecule has 1 aromatic heterocycles. The fourth-order valence-electron chi connectivity index (χ4n) is 3.38. The molecule has 0 fully saturated rings. The van der Waals surface area contributed by atoms with Gasteiger partial charge in [-0.3, -0.25) is 0 Å². The highest BCUT2D eigenvalue weighted by molar-refractivity contribution is 6.36. The van der Waals surface area contributed by atoms with Gasteiger partial charge in [0.2, 0.25) is 0 Å². The Bertz CT molecular complexity index is 1030. The van der Waals surface area contributed by atoms with Crippen molar-refractivity contribution >= 4 is 29.0 Å². The molecule has 4 nitrogen and oxygen atoms in total. The number of nitrogens with one attached hydrogen (secondary N) is 1. The van der Waals surface area contributed by atoms with E-state index in [-0.39, 0.29) is 5.75 Å². The Hall–Kier alpha value is -2.38. The molecule has 1 aliphatic heterocycles. The van der Waals surface area contributed by atoms with Crippen LogP contribution in [0.3, 0.4) is 0 Å². The molecule has 0 atom stereocenters. The fourth-order valence-corrected chi connectivity index (χ4v) is 3.87. The highest BCUT2D eigenvalue weighted by atomic mass is 35.5. The monoisotopic (exact) mass is 441 g/mol. The van der Waals surface area contributed by atoms with Crippen molar-refractivity contribution in [1.29, 1.82) is 0 Å². The Labute approximate surface area is 175 Å². The summed E-state index contributed by atoms with van der Waals surface area (Å²) in [5.41, 5.74) is 3.11. The van der Waals surface area contributed by atoms with Gasteiger partial charge in [-0.25, -0.2) is 4.68 Å². The van der Waals surface area contributed by atoms with E-state index in [2.05, 4.69) is 10.1 Å². The fraction of sp³-hybridized carbons (Fsp3) is 0.250. The molecule has 0 radical (unpaired) electrons. The number of benzene rings is 2. The van der Waals surface area contributed by atoms with Crippen molar-refractivity contribution in [3.8, 4) is 22.7 Å². The van der Waals surface area contributed by atoms with Gasteiger partial charge in [0.15, 0.2) is 0 Å². The molecular formula is C20H16Cl2F3N3O. The Morgan fingerprint density at radius 3 is 2.48 bits per heavy atom. The molecule has 152 valence electrons. The number of nitrogens with zero attached hydrogens (tertiary/aromatic N) is 2. The lowest BCUT2D eigenvalue weighted by Gasteiger charge is -2.11. The lowest BCUT2D eigenvalue weighted by Crippen LogP contribution is -2.17. The highest BCUT2D eigenvalue weighted by Crippen LogP contribution is 2.38. The van der Waals surface area contributed by atoms with Gasteiger partial charge in [0.25, 0.3) is 0 Å². The van der Waals surface area contributed by atoms with Crippen LogP contribution in [0.4, 0.5) is 19.0 Å². The molecule has 0 amide bonds. The number of hydrogen-bond acceptors (Lipinski definition) is 3. The average molecular weight is 442 g/mol. The van der Waals surface area contributed by atoms with Crippen LogP contribution in [0.2, 0.25) is 10.0 Å². The minimum Gasteiger partial charge on any atom is -0.406 e. The molecule has 0 saturated carbocycles. The summed E-state index contributed by atoms with van der Waals surface area (Å²) in [5.74, 6) is 0.529. The SMILES string of the molecule is FC(F)(F)Oc1ccc(-n2nc(-c3ccc(Cl)cc3Cl)c3c2NCCCC3)cc1. The standard InChI is InChI=1S/C20H16Cl2F3N3O/c21-12-4-9-15(17(22)11-12)18-16-3-1-2-10-26-19(16)28(27-18)13-5-7-14(8-6-13)29-20(23,24)25/h4-9,11,26H,1-3,10H2. The van der Waals surface area contributed by atoms with Crippen molar-refractivity contribution in [3.05, 3.63) is 58.1 Å². The number of ether oxygens (including phenoxy) is 1. The summed E-state index contributed by atoms with van der Waals surface area (Å²) in [4.78, 5) is 0. The average Bonchev–Trinajstić information content (AvgIpc) is 2.83. The van der Waals surface area contributed by atoms with E-state index in [1.54, 1.807) is 16.8 Å². The van der Waals surface area contributed by atoms with Gasteiger partial charge < -0.3 is 10.1 Å². The van der Waals surface area contributed by atoms with Gasteiger partial charge in [-0.15, -0.1) is 13.2 Å². The number of hydrogen-bond donors (Lipinski definition) is 1. The van der Waals surface area contributed by atoms with Gasteiger partial charge >= 0.3 is 6.36 Å². The largest absolute Gasteiger partial charge is 0.573 e. The molecule has 3 aromatic rings. The summed E-state index contributed by atoms with van der Waals surface area (Å²) >= 11 is 12.4. The molecule has 0 unspecified atom stereocenters. The van der Waals surface area contributed by atoms with Crippen LogP contribution in [0.25, 0.3) is 16.9 Å². The van der Waals surface area contributed by atoms with E-state index in [1.165, 1.54) is 24.3 Å². The van der Waals surface area contributed by atoms with Crippen molar-refractivity contribution in [2.24, 2.45) is 0 Å². The van der Waals surface area contributed by atoms with Crippen molar-refractivity contribution in [1.82, 2.24) is 9.78 Å². The number of alkyl halides is 3. The van der Waals surface area contributed by atoms with Crippen LogP contribution in [0.15, 0.2) is 42.5 Å². The second-order valence-corrected chi connectivity index (χ2v) is 7.48. The summed E-state index contributed by atoms with van der Waals surface area (Å²) < 4.78 is 42.9. The van der Waals surface area contributed by atoms with Gasteiger partial charge in [-0.05, 0) is 61.7 Å². The van der Waals surface area contributed by atoms with Crippen molar-refractivity contribution in [2.45, 2.75) is 25.6 Å². The maximum absolute atomic E-state index is 12.4. The van der Waals surface area contributed by atoms with E-state index in [1.807, 2.05) is 6.07 Å². The Balaban J connectivity index is 1.79. The molecule has 0 aliphatic carbocycles. The molecule has 0 saturated heterocycles. The van der Waals surface area contributed by atoms with Gasteiger partial charge in [-0.2, -0.15) is 5.10 Å². The molecule has 1 N–H and O–H groups in total. The van der Waals surface area contributed by atoms with Gasteiger partial charge in [0, 0.05) is 22.7 Å². The first-order valence-corrected chi connectivity index (χ1v) is 9.75. The number of halogens is 5. The molecule has 2 heterocycles. The minimum absolute atomic E-state index is 0.284. The molecule has 0 spiro atoms. The van der Waals surface area contributed by atoms with Crippen molar-refractivity contribution in [2.75, 3.05) is 11.9 Å². The van der Waals surface area contributed by atoms with Gasteiger partial charge in [0.05, 0.1) is 16.4 Å². The predicted molar refractivity (Wildman–Crippen MR) is 107 cm³/mol. The number of fused-ring (bicyclic) bond motifs is 1. The Morgan fingerprint density at radius 1 is 1.03 bits per heavy atom. The van der Waals surface area contributed by atoms with Crippen molar-refractivity contribution in [3.63, 3.8) is 0 Å². The lowest BCUT2D eigenvalue weighted by atomic mass is 10.0. The van der Waals surface area contributed by atoms with Gasteiger partial charge in [0.1, 0.15) is 11.6 Å². The highest BCUT2D eigenvalue weighted by Gasteiger charge is 2.31. The lowest BCUT2D eigenvalue weighted by molar-refractivity contribution is -0.274. The first-order chi connectivity index (χ1) is 13.8. The maximum atomic E-state index is 12.4. The second kappa shape index (κ2) is 7.80.